The molecule has 78 valence electrons. The Morgan fingerprint density at radius 2 is 2.07 bits per heavy atom. The van der Waals surface area contributed by atoms with E-state index in [1.165, 1.54) is 5.56 Å². The molecule has 1 rings (SSSR count). The van der Waals surface area contributed by atoms with Gasteiger partial charge in [-0.25, -0.2) is 0 Å². The van der Waals surface area contributed by atoms with Crippen molar-refractivity contribution in [3.05, 3.63) is 23.8 Å². The monoisotopic (exact) mass is 192 g/mol. The number of hydrogen-bond donors (Lipinski definition) is 2. The summed E-state index contributed by atoms with van der Waals surface area (Å²) in [5.41, 5.74) is 9.14. The van der Waals surface area contributed by atoms with Crippen molar-refractivity contribution in [3.8, 4) is 0 Å². The fourth-order valence-corrected chi connectivity index (χ4v) is 1.39. The third-order valence-electron chi connectivity index (χ3n) is 2.55. The van der Waals surface area contributed by atoms with E-state index in [0.717, 1.165) is 24.2 Å². The number of anilines is 2. The molecule has 0 aromatic heterocycles. The van der Waals surface area contributed by atoms with Gasteiger partial charge in [0.1, 0.15) is 0 Å². The molecular weight excluding hydrogens is 172 g/mol. The lowest BCUT2D eigenvalue weighted by atomic mass is 10.1. The minimum atomic E-state index is 0.502. The first kappa shape index (κ1) is 10.9. The average molecular weight is 192 g/mol. The summed E-state index contributed by atoms with van der Waals surface area (Å²) in [6.07, 6.45) is 2.12. The van der Waals surface area contributed by atoms with Crippen LogP contribution in [0.25, 0.3) is 0 Å². The van der Waals surface area contributed by atoms with Gasteiger partial charge in [-0.2, -0.15) is 0 Å². The topological polar surface area (TPSA) is 38.0 Å². The summed E-state index contributed by atoms with van der Waals surface area (Å²) in [6, 6.07) is 6.72. The minimum Gasteiger partial charge on any atom is -0.398 e. The largest absolute Gasteiger partial charge is 0.398 e. The first-order valence-electron chi connectivity index (χ1n) is 5.32. The van der Waals surface area contributed by atoms with Gasteiger partial charge in [-0.15, -0.1) is 0 Å². The van der Waals surface area contributed by atoms with Gasteiger partial charge in [-0.05, 0) is 37.5 Å². The lowest BCUT2D eigenvalue weighted by molar-refractivity contribution is 0.764. The summed E-state index contributed by atoms with van der Waals surface area (Å²) >= 11 is 0. The highest BCUT2D eigenvalue weighted by Gasteiger charge is 2.01. The second kappa shape index (κ2) is 4.89. The van der Waals surface area contributed by atoms with Gasteiger partial charge < -0.3 is 11.1 Å². The predicted molar refractivity (Wildman–Crippen MR) is 63.6 cm³/mol. The van der Waals surface area contributed by atoms with Crippen LogP contribution in [-0.2, 0) is 6.42 Å². The van der Waals surface area contributed by atoms with E-state index in [-0.39, 0.29) is 0 Å². The van der Waals surface area contributed by atoms with Crippen molar-refractivity contribution < 1.29 is 0 Å². The van der Waals surface area contributed by atoms with Crippen LogP contribution < -0.4 is 11.1 Å². The molecule has 1 aromatic rings. The Kier molecular flexibility index (Phi) is 3.81. The molecule has 0 saturated carbocycles. The Hall–Kier alpha value is -1.18. The summed E-state index contributed by atoms with van der Waals surface area (Å²) in [7, 11) is 0. The zero-order chi connectivity index (χ0) is 10.6. The molecule has 14 heavy (non-hydrogen) atoms. The van der Waals surface area contributed by atoms with Crippen LogP contribution in [0.5, 0.6) is 0 Å². The first-order valence-corrected chi connectivity index (χ1v) is 5.32. The normalized spacial score (nSPS) is 12.5. The maximum Gasteiger partial charge on any atom is 0.0367 e. The van der Waals surface area contributed by atoms with Crippen LogP contribution in [-0.4, -0.2) is 6.04 Å². The van der Waals surface area contributed by atoms with Crippen molar-refractivity contribution in [2.24, 2.45) is 0 Å². The van der Waals surface area contributed by atoms with Crippen LogP contribution in [0.4, 0.5) is 11.4 Å². The number of hydrogen-bond acceptors (Lipinski definition) is 2. The van der Waals surface area contributed by atoms with E-state index in [1.54, 1.807) is 0 Å². The Labute approximate surface area is 86.5 Å². The quantitative estimate of drug-likeness (QED) is 0.720. The highest BCUT2D eigenvalue weighted by atomic mass is 14.9. The summed E-state index contributed by atoms with van der Waals surface area (Å²) in [5, 5.41) is 3.40. The fourth-order valence-electron chi connectivity index (χ4n) is 1.39. The Morgan fingerprint density at radius 3 is 2.57 bits per heavy atom. The van der Waals surface area contributed by atoms with E-state index in [1.807, 2.05) is 6.07 Å². The van der Waals surface area contributed by atoms with Crippen LogP contribution in [0.15, 0.2) is 18.2 Å². The third-order valence-corrected chi connectivity index (χ3v) is 2.55. The number of nitrogens with one attached hydrogen (secondary N) is 1. The summed E-state index contributed by atoms with van der Waals surface area (Å²) in [4.78, 5) is 0. The molecule has 0 aliphatic heterocycles. The third kappa shape index (κ3) is 2.66. The molecule has 1 atom stereocenters. The molecule has 2 nitrogen and oxygen atoms in total. The number of nitrogens with two attached hydrogens (primary N) is 1. The van der Waals surface area contributed by atoms with Crippen LogP contribution in [0.2, 0.25) is 0 Å². The van der Waals surface area contributed by atoms with E-state index in [2.05, 4.69) is 38.2 Å². The molecule has 0 amide bonds. The van der Waals surface area contributed by atoms with Crippen molar-refractivity contribution in [1.29, 1.82) is 0 Å². The standard InChI is InChI=1S/C12H20N2/c1-4-9(3)14-11-7-6-10(5-2)12(13)8-11/h6-9,14H,4-5,13H2,1-3H3. The first-order chi connectivity index (χ1) is 6.67. The summed E-state index contributed by atoms with van der Waals surface area (Å²) < 4.78 is 0. The van der Waals surface area contributed by atoms with Gasteiger partial charge in [0, 0.05) is 17.4 Å². The van der Waals surface area contributed by atoms with E-state index in [0.29, 0.717) is 6.04 Å². The van der Waals surface area contributed by atoms with Gasteiger partial charge in [0.2, 0.25) is 0 Å². The maximum atomic E-state index is 5.91. The number of nitrogen functional groups attached to an aromatic ring is 1. The zero-order valence-corrected chi connectivity index (χ0v) is 9.30. The molecule has 1 unspecified atom stereocenters. The molecule has 0 bridgehead atoms. The highest BCUT2D eigenvalue weighted by Crippen LogP contribution is 2.19. The molecule has 0 aliphatic rings. The van der Waals surface area contributed by atoms with Crippen molar-refractivity contribution in [2.45, 2.75) is 39.7 Å². The maximum absolute atomic E-state index is 5.91. The van der Waals surface area contributed by atoms with E-state index in [4.69, 9.17) is 5.73 Å². The van der Waals surface area contributed by atoms with Crippen molar-refractivity contribution >= 4 is 11.4 Å². The van der Waals surface area contributed by atoms with Crippen molar-refractivity contribution in [1.82, 2.24) is 0 Å². The Morgan fingerprint density at radius 1 is 1.36 bits per heavy atom. The van der Waals surface area contributed by atoms with Gasteiger partial charge in [-0.3, -0.25) is 0 Å². The molecule has 0 saturated heterocycles. The van der Waals surface area contributed by atoms with Crippen molar-refractivity contribution in [2.75, 3.05) is 11.1 Å². The molecule has 0 aliphatic carbocycles. The lowest BCUT2D eigenvalue weighted by Gasteiger charge is -2.14. The zero-order valence-electron chi connectivity index (χ0n) is 9.30. The van der Waals surface area contributed by atoms with Crippen LogP contribution >= 0.6 is 0 Å². The second-order valence-electron chi connectivity index (χ2n) is 3.72. The SMILES string of the molecule is CCc1ccc(NC(C)CC)cc1N. The predicted octanol–water partition coefficient (Wildman–Crippen LogP) is 3.04. The molecule has 0 fully saturated rings. The fraction of sp³-hybridized carbons (Fsp3) is 0.500. The molecular formula is C12H20N2. The van der Waals surface area contributed by atoms with Gasteiger partial charge in [0.25, 0.3) is 0 Å². The van der Waals surface area contributed by atoms with Gasteiger partial charge >= 0.3 is 0 Å². The van der Waals surface area contributed by atoms with E-state index in [9.17, 15) is 0 Å². The molecule has 0 heterocycles. The highest BCUT2D eigenvalue weighted by molar-refractivity contribution is 5.59. The molecule has 3 N–H and O–H groups in total. The van der Waals surface area contributed by atoms with Gasteiger partial charge in [-0.1, -0.05) is 19.9 Å². The molecule has 2 heteroatoms. The minimum absolute atomic E-state index is 0.502. The second-order valence-corrected chi connectivity index (χ2v) is 3.72. The smallest absolute Gasteiger partial charge is 0.0367 e. The van der Waals surface area contributed by atoms with Gasteiger partial charge in [0.05, 0.1) is 0 Å². The summed E-state index contributed by atoms with van der Waals surface area (Å²) in [5.74, 6) is 0. The number of benzene rings is 1. The average Bonchev–Trinajstić information content (AvgIpc) is 2.18. The lowest BCUT2D eigenvalue weighted by Crippen LogP contribution is -2.13. The molecule has 0 spiro atoms. The Bertz CT molecular complexity index is 294. The molecule has 0 radical (unpaired) electrons. The number of aryl methyl sites for hydroxylation is 1. The number of rotatable bonds is 4. The van der Waals surface area contributed by atoms with Crippen molar-refractivity contribution in [3.63, 3.8) is 0 Å². The van der Waals surface area contributed by atoms with E-state index < -0.39 is 0 Å². The molecule has 1 aromatic carbocycles. The van der Waals surface area contributed by atoms with Crippen LogP contribution in [0.3, 0.4) is 0 Å². The van der Waals surface area contributed by atoms with Crippen LogP contribution in [0.1, 0.15) is 32.8 Å². The van der Waals surface area contributed by atoms with E-state index >= 15 is 0 Å². The van der Waals surface area contributed by atoms with Gasteiger partial charge in [0.15, 0.2) is 0 Å². The van der Waals surface area contributed by atoms with Crippen LogP contribution in [0, 0.1) is 0 Å². The summed E-state index contributed by atoms with van der Waals surface area (Å²) in [6.45, 7) is 6.46. The Balaban J connectivity index is 2.76.